The number of aromatic nitrogens is 3. The van der Waals surface area contributed by atoms with E-state index in [-0.39, 0.29) is 5.91 Å². The van der Waals surface area contributed by atoms with Crippen LogP contribution in [0.1, 0.15) is 5.56 Å². The molecule has 3 heterocycles. The maximum atomic E-state index is 12.4. The second kappa shape index (κ2) is 8.43. The molecule has 0 saturated carbocycles. The maximum absolute atomic E-state index is 12.4. The molecule has 0 N–H and O–H groups in total. The van der Waals surface area contributed by atoms with E-state index < -0.39 is 0 Å². The van der Waals surface area contributed by atoms with Crippen LogP contribution in [0.2, 0.25) is 0 Å². The number of benzene rings is 1. The van der Waals surface area contributed by atoms with E-state index in [4.69, 9.17) is 0 Å². The molecule has 6 nitrogen and oxygen atoms in total. The Morgan fingerprint density at radius 1 is 0.821 bits per heavy atom. The maximum Gasteiger partial charge on any atom is 0.246 e. The molecule has 1 amide bonds. The van der Waals surface area contributed by atoms with Crippen molar-refractivity contribution < 1.29 is 4.79 Å². The van der Waals surface area contributed by atoms with E-state index in [0.29, 0.717) is 13.1 Å². The van der Waals surface area contributed by atoms with Gasteiger partial charge in [0.1, 0.15) is 5.69 Å². The fourth-order valence-electron chi connectivity index (χ4n) is 3.14. The summed E-state index contributed by atoms with van der Waals surface area (Å²) in [5, 5.41) is 8.64. The first-order chi connectivity index (χ1) is 13.8. The van der Waals surface area contributed by atoms with Gasteiger partial charge in [0, 0.05) is 38.5 Å². The van der Waals surface area contributed by atoms with E-state index in [1.54, 1.807) is 12.3 Å². The van der Waals surface area contributed by atoms with Crippen LogP contribution in [0.3, 0.4) is 0 Å². The number of nitrogens with zero attached hydrogens (tertiary/aromatic N) is 5. The van der Waals surface area contributed by atoms with Crippen LogP contribution in [-0.2, 0) is 4.79 Å². The number of piperazine rings is 1. The lowest BCUT2D eigenvalue weighted by molar-refractivity contribution is -0.126. The van der Waals surface area contributed by atoms with Gasteiger partial charge in [-0.25, -0.2) is 0 Å². The van der Waals surface area contributed by atoms with Gasteiger partial charge in [-0.3, -0.25) is 9.78 Å². The number of pyridine rings is 1. The van der Waals surface area contributed by atoms with Gasteiger partial charge in [0.05, 0.1) is 5.69 Å². The minimum absolute atomic E-state index is 0.0417. The molecule has 3 aromatic rings. The number of hydrogen-bond acceptors (Lipinski definition) is 5. The Bertz CT molecular complexity index is 934. The van der Waals surface area contributed by atoms with Gasteiger partial charge in [-0.1, -0.05) is 36.4 Å². The van der Waals surface area contributed by atoms with Crippen molar-refractivity contribution in [3.8, 4) is 11.4 Å². The summed E-state index contributed by atoms with van der Waals surface area (Å²) in [4.78, 5) is 20.7. The van der Waals surface area contributed by atoms with Crippen LogP contribution < -0.4 is 4.90 Å². The molecule has 1 saturated heterocycles. The third-order valence-electron chi connectivity index (χ3n) is 4.71. The van der Waals surface area contributed by atoms with Gasteiger partial charge in [-0.15, -0.1) is 10.2 Å². The third-order valence-corrected chi connectivity index (χ3v) is 4.71. The first-order valence-electron chi connectivity index (χ1n) is 9.32. The Hall–Kier alpha value is -3.54. The van der Waals surface area contributed by atoms with Gasteiger partial charge in [-0.05, 0) is 35.9 Å². The van der Waals surface area contributed by atoms with Crippen LogP contribution in [0, 0.1) is 0 Å². The van der Waals surface area contributed by atoms with Crippen molar-refractivity contribution in [3.63, 3.8) is 0 Å². The quantitative estimate of drug-likeness (QED) is 0.660. The summed E-state index contributed by atoms with van der Waals surface area (Å²) in [5.74, 6) is 0.867. The molecule has 4 rings (SSSR count). The van der Waals surface area contributed by atoms with Crippen LogP contribution in [0.15, 0.2) is 72.9 Å². The van der Waals surface area contributed by atoms with Gasteiger partial charge in [0.2, 0.25) is 5.91 Å². The molecule has 0 aliphatic carbocycles. The highest BCUT2D eigenvalue weighted by Crippen LogP contribution is 2.17. The van der Waals surface area contributed by atoms with Gasteiger partial charge in [0.15, 0.2) is 5.82 Å². The zero-order chi connectivity index (χ0) is 19.2. The first-order valence-corrected chi connectivity index (χ1v) is 9.32. The predicted octanol–water partition coefficient (Wildman–Crippen LogP) is 2.90. The molecule has 28 heavy (non-hydrogen) atoms. The fourth-order valence-corrected chi connectivity index (χ4v) is 3.14. The lowest BCUT2D eigenvalue weighted by Crippen LogP contribution is -2.48. The van der Waals surface area contributed by atoms with Crippen LogP contribution in [0.25, 0.3) is 17.5 Å². The van der Waals surface area contributed by atoms with E-state index >= 15 is 0 Å². The summed E-state index contributed by atoms with van der Waals surface area (Å²) in [6.07, 6.45) is 5.25. The number of amides is 1. The number of rotatable bonds is 4. The molecule has 1 aliphatic heterocycles. The number of hydrogen-bond donors (Lipinski definition) is 0. The lowest BCUT2D eigenvalue weighted by Gasteiger charge is -2.34. The van der Waals surface area contributed by atoms with E-state index in [1.165, 1.54) is 0 Å². The minimum Gasteiger partial charge on any atom is -0.352 e. The topological polar surface area (TPSA) is 62.2 Å². The zero-order valence-electron chi connectivity index (χ0n) is 15.5. The molecule has 140 valence electrons. The first kappa shape index (κ1) is 17.9. The SMILES string of the molecule is O=C(/C=C/c1ccccc1)N1CCN(c2ccc(-c3ccccn3)nn2)CC1. The highest BCUT2D eigenvalue weighted by molar-refractivity contribution is 5.91. The Balaban J connectivity index is 1.34. The minimum atomic E-state index is 0.0417. The van der Waals surface area contributed by atoms with Crippen LogP contribution >= 0.6 is 0 Å². The fraction of sp³-hybridized carbons (Fsp3) is 0.182. The average Bonchev–Trinajstić information content (AvgIpc) is 2.79. The summed E-state index contributed by atoms with van der Waals surface area (Å²) >= 11 is 0. The van der Waals surface area contributed by atoms with Crippen molar-refractivity contribution >= 4 is 17.8 Å². The molecule has 0 bridgehead atoms. The zero-order valence-corrected chi connectivity index (χ0v) is 15.5. The van der Waals surface area contributed by atoms with E-state index in [9.17, 15) is 4.79 Å². The Morgan fingerprint density at radius 2 is 1.61 bits per heavy atom. The van der Waals surface area contributed by atoms with Crippen molar-refractivity contribution in [1.82, 2.24) is 20.1 Å². The molecule has 1 aliphatic rings. The van der Waals surface area contributed by atoms with Crippen molar-refractivity contribution in [2.24, 2.45) is 0 Å². The Morgan fingerprint density at radius 3 is 2.29 bits per heavy atom. The predicted molar refractivity (Wildman–Crippen MR) is 110 cm³/mol. The van der Waals surface area contributed by atoms with Crippen molar-refractivity contribution in [2.45, 2.75) is 0 Å². The van der Waals surface area contributed by atoms with Gasteiger partial charge in [0.25, 0.3) is 0 Å². The molecule has 0 atom stereocenters. The second-order valence-corrected chi connectivity index (χ2v) is 6.55. The number of anilines is 1. The smallest absolute Gasteiger partial charge is 0.246 e. The summed E-state index contributed by atoms with van der Waals surface area (Å²) in [6.45, 7) is 2.81. The molecule has 6 heteroatoms. The molecule has 0 unspecified atom stereocenters. The molecule has 0 spiro atoms. The average molecular weight is 371 g/mol. The molecule has 0 radical (unpaired) electrons. The number of carbonyl (C=O) groups is 1. The molecular weight excluding hydrogens is 350 g/mol. The molecule has 2 aromatic heterocycles. The molecular formula is C22H21N5O. The summed E-state index contributed by atoms with van der Waals surface area (Å²) < 4.78 is 0. The van der Waals surface area contributed by atoms with E-state index in [1.807, 2.05) is 71.6 Å². The number of carbonyl (C=O) groups excluding carboxylic acids is 1. The van der Waals surface area contributed by atoms with Crippen molar-refractivity contribution in [3.05, 3.63) is 78.5 Å². The normalized spacial score (nSPS) is 14.4. The molecule has 1 aromatic carbocycles. The Kier molecular flexibility index (Phi) is 5.38. The van der Waals surface area contributed by atoms with Crippen molar-refractivity contribution in [1.29, 1.82) is 0 Å². The Labute approximate surface area is 164 Å². The summed E-state index contributed by atoms with van der Waals surface area (Å²) in [7, 11) is 0. The monoisotopic (exact) mass is 371 g/mol. The van der Waals surface area contributed by atoms with E-state index in [2.05, 4.69) is 20.1 Å². The van der Waals surface area contributed by atoms with Gasteiger partial charge < -0.3 is 9.80 Å². The van der Waals surface area contributed by atoms with Crippen molar-refractivity contribution in [2.75, 3.05) is 31.1 Å². The van der Waals surface area contributed by atoms with E-state index in [0.717, 1.165) is 35.9 Å². The standard InChI is InChI=1S/C22H21N5O/c28-22(12-9-18-6-2-1-3-7-18)27-16-14-26(15-17-27)21-11-10-20(24-25-21)19-8-4-5-13-23-19/h1-13H,14-17H2/b12-9+. The van der Waals surface area contributed by atoms with Gasteiger partial charge >= 0.3 is 0 Å². The lowest BCUT2D eigenvalue weighted by atomic mass is 10.2. The largest absolute Gasteiger partial charge is 0.352 e. The van der Waals surface area contributed by atoms with Gasteiger partial charge in [-0.2, -0.15) is 0 Å². The summed E-state index contributed by atoms with van der Waals surface area (Å²) in [6, 6.07) is 19.5. The van der Waals surface area contributed by atoms with Crippen LogP contribution in [0.4, 0.5) is 5.82 Å². The summed E-state index contributed by atoms with van der Waals surface area (Å²) in [5.41, 5.74) is 2.59. The third kappa shape index (κ3) is 4.23. The van der Waals surface area contributed by atoms with Crippen LogP contribution in [-0.4, -0.2) is 52.2 Å². The van der Waals surface area contributed by atoms with Crippen LogP contribution in [0.5, 0.6) is 0 Å². The highest BCUT2D eigenvalue weighted by Gasteiger charge is 2.20. The highest BCUT2D eigenvalue weighted by atomic mass is 16.2. The second-order valence-electron chi connectivity index (χ2n) is 6.55. The molecule has 1 fully saturated rings.